The summed E-state index contributed by atoms with van der Waals surface area (Å²) in [6.07, 6.45) is 0. The van der Waals surface area contributed by atoms with Crippen LogP contribution in [0, 0.1) is 13.8 Å². The summed E-state index contributed by atoms with van der Waals surface area (Å²) < 4.78 is 6.41. The summed E-state index contributed by atoms with van der Waals surface area (Å²) in [4.78, 5) is 22.8. The number of fused-ring (bicyclic) bond motifs is 1. The average Bonchev–Trinajstić information content (AvgIpc) is 3.15. The highest BCUT2D eigenvalue weighted by Gasteiger charge is 2.23. The van der Waals surface area contributed by atoms with Crippen LogP contribution in [0.1, 0.15) is 11.1 Å². The monoisotopic (exact) mass is 427 g/mol. The Labute approximate surface area is 179 Å². The molecule has 3 aromatic rings. The molecule has 1 aliphatic heterocycles. The SMILES string of the molecule is COc1ccc(SCC(=O)N2CCN(c3nc4cc(C)c(C)cc4s3)CC2)cc1. The first-order valence-electron chi connectivity index (χ1n) is 9.71. The van der Waals surface area contributed by atoms with Gasteiger partial charge < -0.3 is 14.5 Å². The van der Waals surface area contributed by atoms with E-state index in [2.05, 4.69) is 30.9 Å². The molecule has 0 aliphatic carbocycles. The van der Waals surface area contributed by atoms with Gasteiger partial charge in [0.2, 0.25) is 5.91 Å². The maximum absolute atomic E-state index is 12.6. The van der Waals surface area contributed by atoms with E-state index in [1.165, 1.54) is 15.8 Å². The van der Waals surface area contributed by atoms with Gasteiger partial charge in [-0.15, -0.1) is 11.8 Å². The van der Waals surface area contributed by atoms with Gasteiger partial charge in [0.25, 0.3) is 0 Å². The third-order valence-corrected chi connectivity index (χ3v) is 7.39. The van der Waals surface area contributed by atoms with Gasteiger partial charge in [-0.1, -0.05) is 11.3 Å². The number of hydrogen-bond acceptors (Lipinski definition) is 6. The minimum atomic E-state index is 0.195. The second-order valence-electron chi connectivity index (χ2n) is 7.23. The second-order valence-corrected chi connectivity index (χ2v) is 9.29. The highest BCUT2D eigenvalue weighted by Crippen LogP contribution is 2.31. The van der Waals surface area contributed by atoms with Crippen molar-refractivity contribution in [1.29, 1.82) is 0 Å². The van der Waals surface area contributed by atoms with Gasteiger partial charge in [0.05, 0.1) is 23.1 Å². The fourth-order valence-corrected chi connectivity index (χ4v) is 5.26. The molecule has 1 saturated heterocycles. The zero-order valence-corrected chi connectivity index (χ0v) is 18.6. The van der Waals surface area contributed by atoms with Crippen molar-refractivity contribution < 1.29 is 9.53 Å². The van der Waals surface area contributed by atoms with E-state index in [0.717, 1.165) is 47.5 Å². The summed E-state index contributed by atoms with van der Waals surface area (Å²) in [7, 11) is 1.65. The van der Waals surface area contributed by atoms with Crippen molar-refractivity contribution in [3.05, 3.63) is 47.5 Å². The van der Waals surface area contributed by atoms with Crippen molar-refractivity contribution >= 4 is 44.4 Å². The topological polar surface area (TPSA) is 45.7 Å². The number of thioether (sulfide) groups is 1. The van der Waals surface area contributed by atoms with Crippen molar-refractivity contribution in [1.82, 2.24) is 9.88 Å². The fourth-order valence-electron chi connectivity index (χ4n) is 3.36. The number of aromatic nitrogens is 1. The number of rotatable bonds is 5. The molecule has 29 heavy (non-hydrogen) atoms. The molecule has 2 aromatic carbocycles. The van der Waals surface area contributed by atoms with Crippen molar-refractivity contribution in [2.75, 3.05) is 43.9 Å². The smallest absolute Gasteiger partial charge is 0.233 e. The standard InChI is InChI=1S/C22H25N3O2S2/c1-15-12-19-20(13-16(15)2)29-22(23-19)25-10-8-24(9-11-25)21(26)14-28-18-6-4-17(27-3)5-7-18/h4-7,12-13H,8-11,14H2,1-3H3. The number of hydrogen-bond donors (Lipinski definition) is 0. The number of carbonyl (C=O) groups excluding carboxylic acids is 1. The molecule has 0 atom stereocenters. The normalized spacial score (nSPS) is 14.4. The van der Waals surface area contributed by atoms with Crippen LogP contribution in [0.5, 0.6) is 5.75 Å². The van der Waals surface area contributed by atoms with Crippen LogP contribution in [0.2, 0.25) is 0 Å². The van der Waals surface area contributed by atoms with Crippen molar-refractivity contribution in [2.45, 2.75) is 18.7 Å². The molecule has 2 heterocycles. The van der Waals surface area contributed by atoms with Crippen LogP contribution in [-0.4, -0.2) is 54.8 Å². The predicted molar refractivity (Wildman–Crippen MR) is 122 cm³/mol. The Balaban J connectivity index is 1.32. The van der Waals surface area contributed by atoms with Gasteiger partial charge in [0, 0.05) is 31.1 Å². The predicted octanol–water partition coefficient (Wildman–Crippen LogP) is 4.36. The lowest BCUT2D eigenvalue weighted by Gasteiger charge is -2.34. The molecule has 0 saturated carbocycles. The van der Waals surface area contributed by atoms with Crippen LogP contribution in [0.25, 0.3) is 10.2 Å². The van der Waals surface area contributed by atoms with E-state index < -0.39 is 0 Å². The molecule has 1 fully saturated rings. The lowest BCUT2D eigenvalue weighted by Crippen LogP contribution is -2.49. The molecule has 1 amide bonds. The zero-order chi connectivity index (χ0) is 20.4. The molecule has 0 spiro atoms. The number of piperazine rings is 1. The van der Waals surface area contributed by atoms with E-state index in [1.54, 1.807) is 30.2 Å². The van der Waals surface area contributed by atoms with Gasteiger partial charge in [0.15, 0.2) is 5.13 Å². The van der Waals surface area contributed by atoms with Crippen LogP contribution < -0.4 is 9.64 Å². The number of benzene rings is 2. The third-order valence-electron chi connectivity index (χ3n) is 5.32. The molecule has 0 N–H and O–H groups in total. The van der Waals surface area contributed by atoms with E-state index in [-0.39, 0.29) is 5.91 Å². The number of ether oxygens (including phenoxy) is 1. The maximum atomic E-state index is 12.6. The summed E-state index contributed by atoms with van der Waals surface area (Å²) in [6, 6.07) is 12.2. The minimum absolute atomic E-state index is 0.195. The first-order valence-corrected chi connectivity index (χ1v) is 11.5. The van der Waals surface area contributed by atoms with Gasteiger partial charge in [-0.3, -0.25) is 4.79 Å². The molecule has 5 nitrogen and oxygen atoms in total. The van der Waals surface area contributed by atoms with Crippen LogP contribution in [0.3, 0.4) is 0 Å². The first kappa shape index (κ1) is 20.0. The van der Waals surface area contributed by atoms with Gasteiger partial charge in [-0.25, -0.2) is 4.98 Å². The molecular weight excluding hydrogens is 402 g/mol. The molecule has 0 radical (unpaired) electrons. The van der Waals surface area contributed by atoms with Crippen molar-refractivity contribution in [2.24, 2.45) is 0 Å². The van der Waals surface area contributed by atoms with Crippen LogP contribution in [0.4, 0.5) is 5.13 Å². The van der Waals surface area contributed by atoms with Gasteiger partial charge in [0.1, 0.15) is 5.75 Å². The summed E-state index contributed by atoms with van der Waals surface area (Å²) in [5.41, 5.74) is 3.65. The molecule has 0 unspecified atom stereocenters. The summed E-state index contributed by atoms with van der Waals surface area (Å²) >= 11 is 3.32. The lowest BCUT2D eigenvalue weighted by molar-refractivity contribution is -0.128. The number of aryl methyl sites for hydroxylation is 2. The second kappa shape index (κ2) is 8.63. The summed E-state index contributed by atoms with van der Waals surface area (Å²) in [6.45, 7) is 7.42. The summed E-state index contributed by atoms with van der Waals surface area (Å²) in [5.74, 6) is 1.49. The highest BCUT2D eigenvalue weighted by atomic mass is 32.2. The molecule has 1 aromatic heterocycles. The minimum Gasteiger partial charge on any atom is -0.497 e. The highest BCUT2D eigenvalue weighted by molar-refractivity contribution is 8.00. The van der Waals surface area contributed by atoms with Gasteiger partial charge >= 0.3 is 0 Å². The number of carbonyl (C=O) groups is 1. The Kier molecular flexibility index (Phi) is 5.96. The van der Waals surface area contributed by atoms with Crippen LogP contribution >= 0.6 is 23.1 Å². The van der Waals surface area contributed by atoms with Gasteiger partial charge in [-0.05, 0) is 61.4 Å². The Hall–Kier alpha value is -2.25. The largest absolute Gasteiger partial charge is 0.497 e. The van der Waals surface area contributed by atoms with E-state index in [1.807, 2.05) is 29.2 Å². The zero-order valence-electron chi connectivity index (χ0n) is 17.0. The Bertz CT molecular complexity index is 970. The molecule has 152 valence electrons. The van der Waals surface area contributed by atoms with Crippen LogP contribution in [-0.2, 0) is 4.79 Å². The van der Waals surface area contributed by atoms with Crippen LogP contribution in [0.15, 0.2) is 41.3 Å². The number of nitrogens with zero attached hydrogens (tertiary/aromatic N) is 3. The Morgan fingerprint density at radius 1 is 1.10 bits per heavy atom. The van der Waals surface area contributed by atoms with E-state index >= 15 is 0 Å². The van der Waals surface area contributed by atoms with Gasteiger partial charge in [-0.2, -0.15) is 0 Å². The average molecular weight is 428 g/mol. The van der Waals surface area contributed by atoms with E-state index in [4.69, 9.17) is 9.72 Å². The molecule has 0 bridgehead atoms. The molecule has 1 aliphatic rings. The number of amides is 1. The van der Waals surface area contributed by atoms with E-state index in [0.29, 0.717) is 5.75 Å². The molecule has 7 heteroatoms. The van der Waals surface area contributed by atoms with E-state index in [9.17, 15) is 4.79 Å². The lowest BCUT2D eigenvalue weighted by atomic mass is 10.1. The Morgan fingerprint density at radius 3 is 2.48 bits per heavy atom. The van der Waals surface area contributed by atoms with Crippen molar-refractivity contribution in [3.63, 3.8) is 0 Å². The summed E-state index contributed by atoms with van der Waals surface area (Å²) in [5, 5.41) is 1.06. The molecular formula is C22H25N3O2S2. The number of anilines is 1. The molecule has 4 rings (SSSR count). The quantitative estimate of drug-likeness (QED) is 0.566. The van der Waals surface area contributed by atoms with Crippen molar-refractivity contribution in [3.8, 4) is 5.75 Å². The maximum Gasteiger partial charge on any atom is 0.233 e. The first-order chi connectivity index (χ1) is 14.0. The Morgan fingerprint density at radius 2 is 1.79 bits per heavy atom. The number of methoxy groups -OCH3 is 1. The fraction of sp³-hybridized carbons (Fsp3) is 0.364. The number of thiazole rings is 1. The third kappa shape index (κ3) is 4.51.